The molecule has 0 aromatic rings. The topological polar surface area (TPSA) is 74.6 Å². The minimum absolute atomic E-state index is 0. The zero-order valence-electron chi connectivity index (χ0n) is 2.88. The van der Waals surface area contributed by atoms with Gasteiger partial charge in [-0.25, -0.2) is 8.42 Å². The van der Waals surface area contributed by atoms with Crippen LogP contribution in [0.1, 0.15) is 0 Å². The van der Waals surface area contributed by atoms with Gasteiger partial charge in [-0.15, -0.1) is 0 Å². The van der Waals surface area contributed by atoms with Crippen molar-refractivity contribution in [2.45, 2.75) is 0 Å². The van der Waals surface area contributed by atoms with Gasteiger partial charge in [0.05, 0.1) is 0 Å². The van der Waals surface area contributed by atoms with Crippen LogP contribution in [0.15, 0.2) is 0 Å². The third-order valence-corrected chi connectivity index (χ3v) is 1.10. The van der Waals surface area contributed by atoms with Gasteiger partial charge in [0, 0.05) is 17.1 Å². The van der Waals surface area contributed by atoms with E-state index >= 15 is 0 Å². The van der Waals surface area contributed by atoms with Crippen molar-refractivity contribution in [3.63, 3.8) is 0 Å². The van der Waals surface area contributed by atoms with Crippen LogP contribution in [-0.2, 0) is 37.3 Å². The van der Waals surface area contributed by atoms with Crippen LogP contribution in [0.2, 0.25) is 0 Å². The molecule has 0 amide bonds. The van der Waals surface area contributed by atoms with E-state index in [-0.39, 0.29) is 17.1 Å². The molecule has 4 nitrogen and oxygen atoms in total. The van der Waals surface area contributed by atoms with Crippen LogP contribution < -0.4 is 0 Å². The predicted molar refractivity (Wildman–Crippen MR) is 21.5 cm³/mol. The van der Waals surface area contributed by atoms with Crippen molar-refractivity contribution in [3.8, 4) is 0 Å². The SMILES string of the molecule is O=S(O)S(=O)O.[Fe]. The Morgan fingerprint density at radius 2 is 1.14 bits per heavy atom. The summed E-state index contributed by atoms with van der Waals surface area (Å²) in [7, 11) is -5.18. The van der Waals surface area contributed by atoms with Gasteiger partial charge in [0.25, 0.3) is 20.2 Å². The first-order chi connectivity index (χ1) is 2.64. The molecule has 46 valence electrons. The van der Waals surface area contributed by atoms with Gasteiger partial charge in [-0.1, -0.05) is 0 Å². The van der Waals surface area contributed by atoms with Crippen molar-refractivity contribution in [1.82, 2.24) is 0 Å². The Morgan fingerprint density at radius 3 is 1.14 bits per heavy atom. The maximum Gasteiger partial charge on any atom is 0.274 e. The van der Waals surface area contributed by atoms with Gasteiger partial charge in [-0.2, -0.15) is 0 Å². The van der Waals surface area contributed by atoms with E-state index in [1.165, 1.54) is 0 Å². The summed E-state index contributed by atoms with van der Waals surface area (Å²) >= 11 is 0. The van der Waals surface area contributed by atoms with Gasteiger partial charge in [-0.3, -0.25) is 9.11 Å². The van der Waals surface area contributed by atoms with Crippen LogP contribution >= 0.6 is 0 Å². The normalized spacial score (nSPS) is 16.9. The summed E-state index contributed by atoms with van der Waals surface area (Å²) in [6, 6.07) is 0. The Balaban J connectivity index is 0. The van der Waals surface area contributed by atoms with Crippen LogP contribution in [0.4, 0.5) is 0 Å². The van der Waals surface area contributed by atoms with Crippen LogP contribution in [0, 0.1) is 0 Å². The summed E-state index contributed by atoms with van der Waals surface area (Å²) in [4.78, 5) is 0. The van der Waals surface area contributed by atoms with E-state index in [0.29, 0.717) is 0 Å². The molecule has 2 atom stereocenters. The minimum atomic E-state index is -2.59. The van der Waals surface area contributed by atoms with E-state index in [1.54, 1.807) is 0 Å². The molecule has 0 heterocycles. The molecule has 2 N–H and O–H groups in total. The first-order valence-corrected chi connectivity index (χ1v) is 3.60. The van der Waals surface area contributed by atoms with Crippen molar-refractivity contribution in [2.24, 2.45) is 0 Å². The van der Waals surface area contributed by atoms with E-state index in [2.05, 4.69) is 0 Å². The molecule has 0 rings (SSSR count). The Labute approximate surface area is 55.1 Å². The molecular weight excluding hydrogens is 184 g/mol. The van der Waals surface area contributed by atoms with Crippen LogP contribution in [0.5, 0.6) is 0 Å². The Kier molecular flexibility index (Phi) is 7.45. The van der Waals surface area contributed by atoms with Crippen molar-refractivity contribution < 1.29 is 34.6 Å². The van der Waals surface area contributed by atoms with Gasteiger partial charge >= 0.3 is 0 Å². The van der Waals surface area contributed by atoms with Crippen molar-refractivity contribution in [3.05, 3.63) is 0 Å². The summed E-state index contributed by atoms with van der Waals surface area (Å²) in [6.45, 7) is 0. The molecule has 0 aromatic carbocycles. The molecule has 0 aliphatic carbocycles. The van der Waals surface area contributed by atoms with E-state index in [1.807, 2.05) is 0 Å². The second kappa shape index (κ2) is 4.89. The van der Waals surface area contributed by atoms with Gasteiger partial charge < -0.3 is 0 Å². The molecule has 0 bridgehead atoms. The Hall–Kier alpha value is 0.739. The molecule has 0 radical (unpaired) electrons. The van der Waals surface area contributed by atoms with Crippen LogP contribution in [-0.4, -0.2) is 17.5 Å². The molecule has 0 aromatic heterocycles. The molecule has 0 aliphatic heterocycles. The molecule has 0 saturated carbocycles. The summed E-state index contributed by atoms with van der Waals surface area (Å²) in [5.74, 6) is 0. The van der Waals surface area contributed by atoms with E-state index in [9.17, 15) is 8.42 Å². The first kappa shape index (κ1) is 10.7. The molecule has 2 unspecified atom stereocenters. The summed E-state index contributed by atoms with van der Waals surface area (Å²) in [6.07, 6.45) is 0. The van der Waals surface area contributed by atoms with Crippen LogP contribution in [0.3, 0.4) is 0 Å². The monoisotopic (exact) mass is 186 g/mol. The van der Waals surface area contributed by atoms with Gasteiger partial charge in [0.2, 0.25) is 0 Å². The van der Waals surface area contributed by atoms with Crippen molar-refractivity contribution >= 4 is 20.2 Å². The zero-order chi connectivity index (χ0) is 5.15. The number of rotatable bonds is 1. The number of hydrogen-bond donors (Lipinski definition) is 2. The molecule has 7 heavy (non-hydrogen) atoms. The number of hydrogen-bond acceptors (Lipinski definition) is 2. The molecule has 0 saturated heterocycles. The largest absolute Gasteiger partial charge is 0.294 e. The summed E-state index contributed by atoms with van der Waals surface area (Å²) in [5.41, 5.74) is 0. The molecule has 0 aliphatic rings. The Bertz CT molecular complexity index is 75.7. The fourth-order valence-corrected chi connectivity index (χ4v) is 0. The second-order valence-corrected chi connectivity index (χ2v) is 3.01. The van der Waals surface area contributed by atoms with E-state index < -0.39 is 20.2 Å². The van der Waals surface area contributed by atoms with E-state index in [0.717, 1.165) is 0 Å². The quantitative estimate of drug-likeness (QED) is 0.324. The van der Waals surface area contributed by atoms with E-state index in [4.69, 9.17) is 9.11 Å². The third-order valence-electron chi connectivity index (χ3n) is 0.122. The van der Waals surface area contributed by atoms with Crippen molar-refractivity contribution in [1.29, 1.82) is 0 Å². The fraction of sp³-hybridized carbons (Fsp3) is 0. The van der Waals surface area contributed by atoms with Crippen LogP contribution in [0.25, 0.3) is 0 Å². The summed E-state index contributed by atoms with van der Waals surface area (Å²) in [5, 5.41) is 0. The van der Waals surface area contributed by atoms with Crippen molar-refractivity contribution in [2.75, 3.05) is 0 Å². The summed E-state index contributed by atoms with van der Waals surface area (Å²) < 4.78 is 33.6. The standard InChI is InChI=1S/Fe.H2O4S2/c;1-5(2)6(3)4/h;(H,1,2)(H,3,4). The average Bonchev–Trinajstić information content (AvgIpc) is 1.36. The Morgan fingerprint density at radius 1 is 1.00 bits per heavy atom. The molecule has 0 spiro atoms. The van der Waals surface area contributed by atoms with Gasteiger partial charge in [0.1, 0.15) is 0 Å². The molecular formula is H2FeO4S2. The smallest absolute Gasteiger partial charge is 0.274 e. The maximum atomic E-state index is 9.26. The molecule has 7 heteroatoms. The zero-order valence-corrected chi connectivity index (χ0v) is 5.62. The predicted octanol–water partition coefficient (Wildman–Crippen LogP) is -0.658. The minimum Gasteiger partial charge on any atom is -0.294 e. The van der Waals surface area contributed by atoms with Gasteiger partial charge in [0.15, 0.2) is 0 Å². The maximum absolute atomic E-state index is 9.26. The fourth-order valence-electron chi connectivity index (χ4n) is 0. The van der Waals surface area contributed by atoms with Gasteiger partial charge in [-0.05, 0) is 0 Å². The second-order valence-electron chi connectivity index (χ2n) is 0.434. The average molecular weight is 186 g/mol. The molecule has 0 fully saturated rings. The first-order valence-electron chi connectivity index (χ1n) is 0.865. The third kappa shape index (κ3) is 6.74.